The first kappa shape index (κ1) is 16.5. The molecule has 0 saturated carbocycles. The average molecular weight is 338 g/mol. The highest BCUT2D eigenvalue weighted by atomic mass is 14.9. The van der Waals surface area contributed by atoms with Crippen molar-refractivity contribution in [3.63, 3.8) is 0 Å². The zero-order valence-electron chi connectivity index (χ0n) is 14.5. The Kier molecular flexibility index (Phi) is 4.29. The van der Waals surface area contributed by atoms with Crippen LogP contribution in [0, 0.1) is 0 Å². The van der Waals surface area contributed by atoms with Gasteiger partial charge in [-0.15, -0.1) is 0 Å². The molecule has 2 nitrogen and oxygen atoms in total. The molecule has 0 aliphatic heterocycles. The summed E-state index contributed by atoms with van der Waals surface area (Å²) in [5.41, 5.74) is 17.5. The van der Waals surface area contributed by atoms with Crippen LogP contribution in [0.1, 0.15) is 17.0 Å². The zero-order valence-corrected chi connectivity index (χ0v) is 14.5. The van der Waals surface area contributed by atoms with Crippen molar-refractivity contribution in [3.05, 3.63) is 114 Å². The number of allylic oxidation sites excluding steroid dienone is 2. The van der Waals surface area contributed by atoms with Gasteiger partial charge in [0.15, 0.2) is 0 Å². The van der Waals surface area contributed by atoms with Crippen molar-refractivity contribution in [2.75, 3.05) is 0 Å². The van der Waals surface area contributed by atoms with Crippen LogP contribution in [-0.4, -0.2) is 5.66 Å². The van der Waals surface area contributed by atoms with Gasteiger partial charge in [-0.05, 0) is 40.0 Å². The van der Waals surface area contributed by atoms with Gasteiger partial charge in [-0.3, -0.25) is 0 Å². The van der Waals surface area contributed by atoms with Gasteiger partial charge in [0, 0.05) is 5.92 Å². The molecular weight excluding hydrogens is 316 g/mol. The quantitative estimate of drug-likeness (QED) is 0.537. The molecule has 3 aromatic carbocycles. The van der Waals surface area contributed by atoms with Crippen LogP contribution < -0.4 is 11.5 Å². The third-order valence-electron chi connectivity index (χ3n) is 4.81. The van der Waals surface area contributed by atoms with Gasteiger partial charge in [0.1, 0.15) is 5.66 Å². The molecule has 0 heterocycles. The molecule has 1 aliphatic carbocycles. The Balaban J connectivity index is 1.86. The van der Waals surface area contributed by atoms with Crippen molar-refractivity contribution < 1.29 is 0 Å². The lowest BCUT2D eigenvalue weighted by Crippen LogP contribution is -2.46. The second kappa shape index (κ2) is 6.75. The minimum absolute atomic E-state index is 0.106. The molecule has 0 spiro atoms. The van der Waals surface area contributed by atoms with Gasteiger partial charge in [0.05, 0.1) is 0 Å². The monoisotopic (exact) mass is 338 g/mol. The summed E-state index contributed by atoms with van der Waals surface area (Å²) < 4.78 is 0. The van der Waals surface area contributed by atoms with Crippen LogP contribution >= 0.6 is 0 Å². The predicted octanol–water partition coefficient (Wildman–Crippen LogP) is 4.70. The minimum Gasteiger partial charge on any atom is -0.307 e. The maximum atomic E-state index is 6.21. The fourth-order valence-electron chi connectivity index (χ4n) is 3.59. The van der Waals surface area contributed by atoms with Crippen molar-refractivity contribution >= 4 is 5.57 Å². The Labute approximate surface area is 154 Å². The molecule has 4 N–H and O–H groups in total. The highest BCUT2D eigenvalue weighted by Gasteiger charge is 2.26. The maximum absolute atomic E-state index is 6.21. The maximum Gasteiger partial charge on any atom is 0.103 e. The lowest BCUT2D eigenvalue weighted by atomic mass is 9.78. The summed E-state index contributed by atoms with van der Waals surface area (Å²) in [6.07, 6.45) is 6.00. The van der Waals surface area contributed by atoms with Gasteiger partial charge in [0.2, 0.25) is 0 Å². The summed E-state index contributed by atoms with van der Waals surface area (Å²) in [6, 6.07) is 29.3. The van der Waals surface area contributed by atoms with Crippen LogP contribution in [0.2, 0.25) is 0 Å². The highest BCUT2D eigenvalue weighted by molar-refractivity contribution is 5.80. The Morgan fingerprint density at radius 2 is 1.23 bits per heavy atom. The van der Waals surface area contributed by atoms with Gasteiger partial charge in [-0.1, -0.05) is 91.0 Å². The van der Waals surface area contributed by atoms with E-state index in [4.69, 9.17) is 11.5 Å². The number of rotatable bonds is 3. The Bertz CT molecular complexity index is 954. The molecule has 1 aliphatic rings. The second-order valence-corrected chi connectivity index (χ2v) is 6.76. The summed E-state index contributed by atoms with van der Waals surface area (Å²) in [4.78, 5) is 0. The predicted molar refractivity (Wildman–Crippen MR) is 109 cm³/mol. The number of benzene rings is 3. The molecule has 0 saturated heterocycles. The SMILES string of the molecule is NC1(N)C=CC(c2ccccc2-c2ccccc2)C(c2ccccc2)=C1. The second-order valence-electron chi connectivity index (χ2n) is 6.76. The lowest BCUT2D eigenvalue weighted by molar-refractivity contribution is 0.679. The third kappa shape index (κ3) is 3.25. The molecule has 0 fully saturated rings. The van der Waals surface area contributed by atoms with Crippen molar-refractivity contribution in [1.29, 1.82) is 0 Å². The Morgan fingerprint density at radius 1 is 0.654 bits per heavy atom. The molecule has 0 amide bonds. The van der Waals surface area contributed by atoms with Crippen LogP contribution in [0.3, 0.4) is 0 Å². The molecule has 0 bridgehead atoms. The van der Waals surface area contributed by atoms with E-state index in [1.807, 2.05) is 36.4 Å². The van der Waals surface area contributed by atoms with Crippen molar-refractivity contribution in [1.82, 2.24) is 0 Å². The normalized spacial score (nSPS) is 18.4. The third-order valence-corrected chi connectivity index (χ3v) is 4.81. The summed E-state index contributed by atoms with van der Waals surface area (Å²) in [6.45, 7) is 0. The fraction of sp³-hybridized carbons (Fsp3) is 0.0833. The Hall–Kier alpha value is -2.94. The van der Waals surface area contributed by atoms with E-state index in [1.54, 1.807) is 0 Å². The van der Waals surface area contributed by atoms with E-state index < -0.39 is 5.66 Å². The van der Waals surface area contributed by atoms with Crippen LogP contribution in [0.5, 0.6) is 0 Å². The average Bonchev–Trinajstić information content (AvgIpc) is 2.69. The molecule has 2 heteroatoms. The number of hydrogen-bond donors (Lipinski definition) is 2. The van der Waals surface area contributed by atoms with Crippen molar-refractivity contribution in [3.8, 4) is 11.1 Å². The summed E-state index contributed by atoms with van der Waals surface area (Å²) in [7, 11) is 0. The molecule has 26 heavy (non-hydrogen) atoms. The molecule has 4 rings (SSSR count). The topological polar surface area (TPSA) is 52.0 Å². The van der Waals surface area contributed by atoms with Crippen LogP contribution in [0.4, 0.5) is 0 Å². The van der Waals surface area contributed by atoms with Crippen molar-refractivity contribution in [2.24, 2.45) is 11.5 Å². The standard InChI is InChI=1S/C24H22N2/c25-24(26)16-15-22(23(17-24)19-11-5-2-6-12-19)21-14-8-7-13-20(21)18-9-3-1-4-10-18/h1-17,22H,25-26H2. The first-order valence-electron chi connectivity index (χ1n) is 8.84. The van der Waals surface area contributed by atoms with E-state index in [-0.39, 0.29) is 5.92 Å². The van der Waals surface area contributed by atoms with E-state index in [2.05, 4.69) is 66.7 Å². The van der Waals surface area contributed by atoms with Gasteiger partial charge >= 0.3 is 0 Å². The number of nitrogens with two attached hydrogens (primary N) is 2. The molecule has 0 aromatic heterocycles. The van der Waals surface area contributed by atoms with Crippen LogP contribution in [0.25, 0.3) is 16.7 Å². The van der Waals surface area contributed by atoms with Crippen LogP contribution in [-0.2, 0) is 0 Å². The van der Waals surface area contributed by atoms with E-state index in [0.29, 0.717) is 0 Å². The molecule has 0 radical (unpaired) electrons. The van der Waals surface area contributed by atoms with E-state index in [0.717, 1.165) is 11.1 Å². The smallest absolute Gasteiger partial charge is 0.103 e. The van der Waals surface area contributed by atoms with Crippen molar-refractivity contribution in [2.45, 2.75) is 11.6 Å². The van der Waals surface area contributed by atoms with Gasteiger partial charge in [-0.2, -0.15) is 0 Å². The van der Waals surface area contributed by atoms with E-state index >= 15 is 0 Å². The summed E-state index contributed by atoms with van der Waals surface area (Å²) in [5, 5.41) is 0. The fourth-order valence-corrected chi connectivity index (χ4v) is 3.59. The van der Waals surface area contributed by atoms with Gasteiger partial charge < -0.3 is 11.5 Å². The summed E-state index contributed by atoms with van der Waals surface area (Å²) in [5.74, 6) is 0.106. The molecule has 1 unspecified atom stereocenters. The lowest BCUT2D eigenvalue weighted by Gasteiger charge is -2.29. The van der Waals surface area contributed by atoms with E-state index in [9.17, 15) is 0 Å². The highest BCUT2D eigenvalue weighted by Crippen LogP contribution is 2.41. The molecular formula is C24H22N2. The zero-order chi connectivity index (χ0) is 18.0. The molecule has 3 aromatic rings. The largest absolute Gasteiger partial charge is 0.307 e. The van der Waals surface area contributed by atoms with Gasteiger partial charge in [-0.25, -0.2) is 0 Å². The first-order chi connectivity index (χ1) is 12.6. The number of hydrogen-bond acceptors (Lipinski definition) is 2. The summed E-state index contributed by atoms with van der Waals surface area (Å²) >= 11 is 0. The van der Waals surface area contributed by atoms with E-state index in [1.165, 1.54) is 16.7 Å². The first-order valence-corrected chi connectivity index (χ1v) is 8.84. The molecule has 128 valence electrons. The minimum atomic E-state index is -0.927. The van der Waals surface area contributed by atoms with Gasteiger partial charge in [0.25, 0.3) is 0 Å². The molecule has 1 atom stereocenters. The van der Waals surface area contributed by atoms with Crippen LogP contribution in [0.15, 0.2) is 103 Å². The Morgan fingerprint density at radius 3 is 1.92 bits per heavy atom.